The van der Waals surface area contributed by atoms with Crippen LogP contribution in [0.3, 0.4) is 0 Å². The Morgan fingerprint density at radius 1 is 1.43 bits per heavy atom. The zero-order chi connectivity index (χ0) is 10.6. The third-order valence-corrected chi connectivity index (χ3v) is 3.47. The molecule has 0 aromatic rings. The maximum absolute atomic E-state index is 5.35. The number of hydrogen-bond donors (Lipinski definition) is 1. The minimum absolute atomic E-state index is 0.187. The van der Waals surface area contributed by atoms with Crippen LogP contribution >= 0.6 is 0 Å². The van der Waals surface area contributed by atoms with Gasteiger partial charge in [0.05, 0.1) is 6.04 Å². The van der Waals surface area contributed by atoms with Gasteiger partial charge in [0, 0.05) is 12.1 Å². The lowest BCUT2D eigenvalue weighted by Gasteiger charge is -2.37. The summed E-state index contributed by atoms with van der Waals surface area (Å²) in [6.07, 6.45) is 10.6. The van der Waals surface area contributed by atoms with Gasteiger partial charge in [0.25, 0.3) is 0 Å². The van der Waals surface area contributed by atoms with E-state index >= 15 is 0 Å². The van der Waals surface area contributed by atoms with E-state index in [0.717, 1.165) is 6.54 Å². The van der Waals surface area contributed by atoms with Crippen LogP contribution in [0.2, 0.25) is 0 Å². The molecule has 0 heterocycles. The second-order valence-electron chi connectivity index (χ2n) is 4.60. The van der Waals surface area contributed by atoms with Crippen LogP contribution in [-0.4, -0.2) is 37.1 Å². The highest BCUT2D eigenvalue weighted by atomic mass is 15.2. The quantitative estimate of drug-likeness (QED) is 0.682. The van der Waals surface area contributed by atoms with Crippen molar-refractivity contribution >= 4 is 0 Å². The number of hydrogen-bond acceptors (Lipinski definition) is 2. The molecule has 1 atom stereocenters. The molecule has 1 rings (SSSR count). The summed E-state index contributed by atoms with van der Waals surface area (Å²) in [5, 5.41) is 3.42. The number of terminal acetylenes is 1. The molecule has 80 valence electrons. The number of rotatable bonds is 4. The van der Waals surface area contributed by atoms with Gasteiger partial charge in [-0.25, -0.2) is 0 Å². The van der Waals surface area contributed by atoms with Gasteiger partial charge >= 0.3 is 0 Å². The van der Waals surface area contributed by atoms with Crippen molar-refractivity contribution in [3.63, 3.8) is 0 Å². The molecule has 1 unspecified atom stereocenters. The predicted octanol–water partition coefficient (Wildman–Crippen LogP) is 1.47. The summed E-state index contributed by atoms with van der Waals surface area (Å²) in [5.41, 5.74) is 0.352. The van der Waals surface area contributed by atoms with Gasteiger partial charge in [-0.15, -0.1) is 6.42 Å². The first-order chi connectivity index (χ1) is 6.60. The molecule has 1 aliphatic rings. The number of nitrogens with zero attached hydrogens (tertiary/aromatic N) is 1. The highest BCUT2D eigenvalue weighted by molar-refractivity contribution is 5.00. The summed E-state index contributed by atoms with van der Waals surface area (Å²) < 4.78 is 0. The van der Waals surface area contributed by atoms with Crippen LogP contribution in [-0.2, 0) is 0 Å². The van der Waals surface area contributed by atoms with E-state index in [9.17, 15) is 0 Å². The van der Waals surface area contributed by atoms with Crippen molar-refractivity contribution in [3.05, 3.63) is 0 Å². The summed E-state index contributed by atoms with van der Waals surface area (Å²) in [4.78, 5) is 2.36. The monoisotopic (exact) mass is 194 g/mol. The molecule has 0 spiro atoms. The molecule has 0 amide bonds. The Morgan fingerprint density at radius 3 is 2.43 bits per heavy atom. The summed E-state index contributed by atoms with van der Waals surface area (Å²) in [6.45, 7) is 3.06. The molecule has 0 aromatic carbocycles. The lowest BCUT2D eigenvalue weighted by atomic mass is 9.95. The second-order valence-corrected chi connectivity index (χ2v) is 4.60. The first-order valence-electron chi connectivity index (χ1n) is 5.48. The smallest absolute Gasteiger partial charge is 0.0658 e. The van der Waals surface area contributed by atoms with E-state index in [1.165, 1.54) is 25.7 Å². The van der Waals surface area contributed by atoms with Crippen LogP contribution < -0.4 is 5.32 Å². The minimum atomic E-state index is 0.187. The largest absolute Gasteiger partial charge is 0.302 e. The van der Waals surface area contributed by atoms with Crippen molar-refractivity contribution in [3.8, 4) is 12.3 Å². The molecule has 2 nitrogen and oxygen atoms in total. The first-order valence-corrected chi connectivity index (χ1v) is 5.48. The second kappa shape index (κ2) is 4.82. The number of nitrogens with one attached hydrogen (secondary N) is 1. The molecule has 14 heavy (non-hydrogen) atoms. The van der Waals surface area contributed by atoms with E-state index < -0.39 is 0 Å². The van der Waals surface area contributed by atoms with E-state index in [0.29, 0.717) is 5.54 Å². The fourth-order valence-corrected chi connectivity index (χ4v) is 2.22. The van der Waals surface area contributed by atoms with E-state index in [4.69, 9.17) is 6.42 Å². The highest BCUT2D eigenvalue weighted by Gasteiger charge is 2.35. The lowest BCUT2D eigenvalue weighted by molar-refractivity contribution is 0.152. The molecule has 1 N–H and O–H groups in total. The van der Waals surface area contributed by atoms with Crippen LogP contribution in [0.1, 0.15) is 32.6 Å². The molecule has 1 aliphatic carbocycles. The Bertz CT molecular complexity index is 209. The van der Waals surface area contributed by atoms with Crippen molar-refractivity contribution in [2.24, 2.45) is 0 Å². The summed E-state index contributed by atoms with van der Waals surface area (Å²) in [6, 6.07) is 0.187. The summed E-state index contributed by atoms with van der Waals surface area (Å²) in [7, 11) is 4.35. The van der Waals surface area contributed by atoms with E-state index in [-0.39, 0.29) is 6.04 Å². The zero-order valence-corrected chi connectivity index (χ0v) is 9.64. The third kappa shape index (κ3) is 2.50. The lowest BCUT2D eigenvalue weighted by Crippen LogP contribution is -2.51. The fraction of sp³-hybridized carbons (Fsp3) is 0.833. The van der Waals surface area contributed by atoms with Gasteiger partial charge in [-0.3, -0.25) is 0 Å². The van der Waals surface area contributed by atoms with Crippen LogP contribution in [0, 0.1) is 12.3 Å². The molecular formula is C12H22N2. The van der Waals surface area contributed by atoms with Crippen molar-refractivity contribution < 1.29 is 0 Å². The first kappa shape index (κ1) is 11.6. The van der Waals surface area contributed by atoms with Crippen molar-refractivity contribution in [1.29, 1.82) is 0 Å². The van der Waals surface area contributed by atoms with E-state index in [1.54, 1.807) is 0 Å². The zero-order valence-electron chi connectivity index (χ0n) is 9.64. The highest BCUT2D eigenvalue weighted by Crippen LogP contribution is 2.33. The topological polar surface area (TPSA) is 15.3 Å². The fourth-order valence-electron chi connectivity index (χ4n) is 2.22. The van der Waals surface area contributed by atoms with Crippen molar-refractivity contribution in [2.75, 3.05) is 20.6 Å². The molecule has 2 heteroatoms. The Labute approximate surface area is 88.1 Å². The van der Waals surface area contributed by atoms with Gasteiger partial charge in [0.1, 0.15) is 0 Å². The predicted molar refractivity (Wildman–Crippen MR) is 61.2 cm³/mol. The molecule has 0 aliphatic heterocycles. The van der Waals surface area contributed by atoms with Crippen LogP contribution in [0.25, 0.3) is 0 Å². The SMILES string of the molecule is C#CC(C)NCC1(N(C)C)CCCC1. The van der Waals surface area contributed by atoms with E-state index in [1.807, 2.05) is 6.92 Å². The van der Waals surface area contributed by atoms with Gasteiger partial charge in [0.15, 0.2) is 0 Å². The normalized spacial score (nSPS) is 22.2. The average Bonchev–Trinajstić information content (AvgIpc) is 2.64. The molecule has 1 saturated carbocycles. The summed E-state index contributed by atoms with van der Waals surface area (Å²) in [5.74, 6) is 2.72. The van der Waals surface area contributed by atoms with Crippen LogP contribution in [0.5, 0.6) is 0 Å². The average molecular weight is 194 g/mol. The van der Waals surface area contributed by atoms with E-state index in [2.05, 4.69) is 30.2 Å². The van der Waals surface area contributed by atoms with Gasteiger partial charge in [0.2, 0.25) is 0 Å². The van der Waals surface area contributed by atoms with Gasteiger partial charge < -0.3 is 10.2 Å². The van der Waals surface area contributed by atoms with Gasteiger partial charge in [-0.1, -0.05) is 18.8 Å². The van der Waals surface area contributed by atoms with Crippen molar-refractivity contribution in [1.82, 2.24) is 10.2 Å². The Morgan fingerprint density at radius 2 is 2.00 bits per heavy atom. The standard InChI is InChI=1S/C12H22N2/c1-5-11(2)13-10-12(14(3)4)8-6-7-9-12/h1,11,13H,6-10H2,2-4H3. The van der Waals surface area contributed by atoms with Gasteiger partial charge in [-0.05, 0) is 33.9 Å². The minimum Gasteiger partial charge on any atom is -0.302 e. The van der Waals surface area contributed by atoms with Gasteiger partial charge in [-0.2, -0.15) is 0 Å². The van der Waals surface area contributed by atoms with Crippen molar-refractivity contribution in [2.45, 2.75) is 44.2 Å². The summed E-state index contributed by atoms with van der Waals surface area (Å²) >= 11 is 0. The Hall–Kier alpha value is -0.520. The maximum atomic E-state index is 5.35. The Balaban J connectivity index is 2.49. The Kier molecular flexibility index (Phi) is 3.97. The van der Waals surface area contributed by atoms with Crippen LogP contribution in [0.15, 0.2) is 0 Å². The number of likely N-dealkylation sites (N-methyl/N-ethyl adjacent to an activating group) is 1. The van der Waals surface area contributed by atoms with Crippen LogP contribution in [0.4, 0.5) is 0 Å². The molecule has 0 radical (unpaired) electrons. The molecule has 1 fully saturated rings. The molecular weight excluding hydrogens is 172 g/mol. The maximum Gasteiger partial charge on any atom is 0.0658 e. The molecule has 0 bridgehead atoms. The third-order valence-electron chi connectivity index (χ3n) is 3.47. The molecule has 0 aromatic heterocycles. The molecule has 0 saturated heterocycles.